The fourth-order valence-corrected chi connectivity index (χ4v) is 3.14. The van der Waals surface area contributed by atoms with E-state index >= 15 is 0 Å². The summed E-state index contributed by atoms with van der Waals surface area (Å²) in [5.41, 5.74) is 2.76. The Balaban J connectivity index is 1.74. The summed E-state index contributed by atoms with van der Waals surface area (Å²) in [6.07, 6.45) is 0. The molecule has 0 aliphatic rings. The number of nitrogens with zero attached hydrogens (tertiary/aromatic N) is 3. The molecule has 0 saturated carbocycles. The van der Waals surface area contributed by atoms with Crippen LogP contribution in [0.1, 0.15) is 27.3 Å². The summed E-state index contributed by atoms with van der Waals surface area (Å²) in [7, 11) is 3.07. The van der Waals surface area contributed by atoms with Crippen molar-refractivity contribution in [2.45, 2.75) is 20.4 Å². The lowest BCUT2D eigenvalue weighted by Gasteiger charge is -2.12. The Labute approximate surface area is 173 Å². The number of benzene rings is 2. The van der Waals surface area contributed by atoms with Crippen molar-refractivity contribution in [1.82, 2.24) is 9.78 Å². The van der Waals surface area contributed by atoms with E-state index in [4.69, 9.17) is 9.47 Å². The molecule has 3 aromatic rings. The highest BCUT2D eigenvalue weighted by atomic mass is 16.6. The Morgan fingerprint density at radius 3 is 2.40 bits per heavy atom. The molecule has 1 amide bonds. The first-order valence-corrected chi connectivity index (χ1v) is 9.14. The monoisotopic (exact) mass is 410 g/mol. The summed E-state index contributed by atoms with van der Waals surface area (Å²) in [4.78, 5) is 23.3. The topological polar surface area (TPSA) is 109 Å². The van der Waals surface area contributed by atoms with E-state index in [-0.39, 0.29) is 11.6 Å². The fourth-order valence-electron chi connectivity index (χ4n) is 3.14. The molecule has 0 atom stereocenters. The number of nitro groups is 1. The molecule has 0 radical (unpaired) electrons. The summed E-state index contributed by atoms with van der Waals surface area (Å²) in [6.45, 7) is 3.65. The highest BCUT2D eigenvalue weighted by Gasteiger charge is 2.21. The lowest BCUT2D eigenvalue weighted by molar-refractivity contribution is -0.386. The van der Waals surface area contributed by atoms with Crippen LogP contribution in [-0.4, -0.2) is 34.8 Å². The normalized spacial score (nSPS) is 10.5. The van der Waals surface area contributed by atoms with Gasteiger partial charge in [-0.3, -0.25) is 19.6 Å². The van der Waals surface area contributed by atoms with E-state index in [9.17, 15) is 14.9 Å². The van der Waals surface area contributed by atoms with E-state index in [1.807, 2.05) is 0 Å². The number of aromatic nitrogens is 2. The summed E-state index contributed by atoms with van der Waals surface area (Å²) >= 11 is 0. The van der Waals surface area contributed by atoms with E-state index in [1.165, 1.54) is 7.11 Å². The molecular weight excluding hydrogens is 388 g/mol. The maximum Gasteiger partial charge on any atom is 0.312 e. The van der Waals surface area contributed by atoms with Crippen molar-refractivity contribution in [2.24, 2.45) is 0 Å². The molecule has 0 unspecified atom stereocenters. The largest absolute Gasteiger partial charge is 0.497 e. The third-order valence-corrected chi connectivity index (χ3v) is 4.73. The Kier molecular flexibility index (Phi) is 6.01. The molecule has 1 heterocycles. The highest BCUT2D eigenvalue weighted by molar-refractivity contribution is 6.05. The van der Waals surface area contributed by atoms with Crippen molar-refractivity contribution in [3.8, 4) is 11.5 Å². The SMILES string of the molecule is COc1ccc(NC(=O)c2ccc(Cn3nc(C)c([N+](=O)[O-])c3C)cc2)c(OC)c1. The third-order valence-electron chi connectivity index (χ3n) is 4.73. The van der Waals surface area contributed by atoms with E-state index in [0.29, 0.717) is 40.7 Å². The van der Waals surface area contributed by atoms with Gasteiger partial charge in [0.2, 0.25) is 0 Å². The Bertz CT molecular complexity index is 1090. The second-order valence-electron chi connectivity index (χ2n) is 6.65. The number of nitrogens with one attached hydrogen (secondary N) is 1. The molecule has 9 nitrogen and oxygen atoms in total. The van der Waals surface area contributed by atoms with Crippen LogP contribution in [0.3, 0.4) is 0 Å². The van der Waals surface area contributed by atoms with Gasteiger partial charge in [0.25, 0.3) is 5.91 Å². The van der Waals surface area contributed by atoms with Gasteiger partial charge < -0.3 is 14.8 Å². The number of aryl methyl sites for hydroxylation is 1. The fraction of sp³-hybridized carbons (Fsp3) is 0.238. The van der Waals surface area contributed by atoms with E-state index in [1.54, 1.807) is 68.1 Å². The molecule has 0 spiro atoms. The van der Waals surface area contributed by atoms with Crippen LogP contribution in [0.25, 0.3) is 0 Å². The van der Waals surface area contributed by atoms with Crippen molar-refractivity contribution in [3.63, 3.8) is 0 Å². The van der Waals surface area contributed by atoms with Gasteiger partial charge in [0.05, 0.1) is 31.4 Å². The lowest BCUT2D eigenvalue weighted by atomic mass is 10.1. The van der Waals surface area contributed by atoms with Crippen LogP contribution in [-0.2, 0) is 6.54 Å². The Morgan fingerprint density at radius 2 is 1.83 bits per heavy atom. The molecule has 156 valence electrons. The number of carbonyl (C=O) groups is 1. The summed E-state index contributed by atoms with van der Waals surface area (Å²) in [6, 6.07) is 12.1. The minimum atomic E-state index is -0.422. The number of hydrogen-bond acceptors (Lipinski definition) is 6. The standard InChI is InChI=1S/C21H22N4O5/c1-13-20(25(27)28)14(2)24(23-13)12-15-5-7-16(8-6-15)21(26)22-18-10-9-17(29-3)11-19(18)30-4/h5-11H,12H2,1-4H3,(H,22,26). The third kappa shape index (κ3) is 4.24. The number of amides is 1. The molecular formula is C21H22N4O5. The van der Waals surface area contributed by atoms with Gasteiger partial charge in [-0.1, -0.05) is 12.1 Å². The molecule has 0 bridgehead atoms. The van der Waals surface area contributed by atoms with Crippen LogP contribution in [0.15, 0.2) is 42.5 Å². The Morgan fingerprint density at radius 1 is 1.13 bits per heavy atom. The second kappa shape index (κ2) is 8.64. The zero-order valence-electron chi connectivity index (χ0n) is 17.1. The van der Waals surface area contributed by atoms with Gasteiger partial charge in [-0.05, 0) is 43.7 Å². The van der Waals surface area contributed by atoms with Crippen molar-refractivity contribution >= 4 is 17.3 Å². The second-order valence-corrected chi connectivity index (χ2v) is 6.65. The quantitative estimate of drug-likeness (QED) is 0.470. The van der Waals surface area contributed by atoms with E-state index in [0.717, 1.165) is 5.56 Å². The number of carbonyl (C=O) groups excluding carboxylic acids is 1. The predicted octanol–water partition coefficient (Wildman–Crippen LogP) is 3.73. The molecule has 0 aliphatic heterocycles. The molecule has 9 heteroatoms. The lowest BCUT2D eigenvalue weighted by Crippen LogP contribution is -2.13. The number of ether oxygens (including phenoxy) is 2. The van der Waals surface area contributed by atoms with Crippen molar-refractivity contribution < 1.29 is 19.2 Å². The van der Waals surface area contributed by atoms with Crippen LogP contribution >= 0.6 is 0 Å². The minimum Gasteiger partial charge on any atom is -0.497 e. The number of rotatable bonds is 7. The first-order chi connectivity index (χ1) is 14.3. The Hall–Kier alpha value is -3.88. The van der Waals surface area contributed by atoms with E-state index in [2.05, 4.69) is 10.4 Å². The summed E-state index contributed by atoms with van der Waals surface area (Å²) in [5, 5.41) is 18.2. The molecule has 1 N–H and O–H groups in total. The molecule has 0 aliphatic carbocycles. The number of hydrogen-bond donors (Lipinski definition) is 1. The molecule has 2 aromatic carbocycles. The van der Waals surface area contributed by atoms with Crippen LogP contribution in [0.2, 0.25) is 0 Å². The smallest absolute Gasteiger partial charge is 0.312 e. The average molecular weight is 410 g/mol. The average Bonchev–Trinajstić information content (AvgIpc) is 3.01. The van der Waals surface area contributed by atoms with Gasteiger partial charge >= 0.3 is 5.69 Å². The number of methoxy groups -OCH3 is 2. The summed E-state index contributed by atoms with van der Waals surface area (Å²) in [5.74, 6) is 0.829. The first-order valence-electron chi connectivity index (χ1n) is 9.14. The van der Waals surface area contributed by atoms with Crippen molar-refractivity contribution in [2.75, 3.05) is 19.5 Å². The van der Waals surface area contributed by atoms with Gasteiger partial charge in [0, 0.05) is 11.6 Å². The highest BCUT2D eigenvalue weighted by Crippen LogP contribution is 2.29. The van der Waals surface area contributed by atoms with Gasteiger partial charge in [0.15, 0.2) is 0 Å². The van der Waals surface area contributed by atoms with Crippen LogP contribution < -0.4 is 14.8 Å². The first kappa shape index (κ1) is 20.8. The van der Waals surface area contributed by atoms with Crippen LogP contribution in [0.4, 0.5) is 11.4 Å². The zero-order valence-corrected chi connectivity index (χ0v) is 17.1. The van der Waals surface area contributed by atoms with Gasteiger partial charge in [-0.25, -0.2) is 0 Å². The predicted molar refractivity (Wildman–Crippen MR) is 111 cm³/mol. The van der Waals surface area contributed by atoms with Crippen LogP contribution in [0, 0.1) is 24.0 Å². The maximum absolute atomic E-state index is 12.6. The molecule has 0 saturated heterocycles. The maximum atomic E-state index is 12.6. The zero-order chi connectivity index (χ0) is 21.8. The molecule has 1 aromatic heterocycles. The van der Waals surface area contributed by atoms with Crippen molar-refractivity contribution in [1.29, 1.82) is 0 Å². The molecule has 30 heavy (non-hydrogen) atoms. The van der Waals surface area contributed by atoms with E-state index < -0.39 is 4.92 Å². The number of anilines is 1. The minimum absolute atomic E-state index is 0.0273. The van der Waals surface area contributed by atoms with Crippen molar-refractivity contribution in [3.05, 3.63) is 75.1 Å². The molecule has 3 rings (SSSR count). The summed E-state index contributed by atoms with van der Waals surface area (Å²) < 4.78 is 12.0. The van der Waals surface area contributed by atoms with Gasteiger partial charge in [-0.2, -0.15) is 5.10 Å². The van der Waals surface area contributed by atoms with Gasteiger partial charge in [0.1, 0.15) is 22.9 Å². The van der Waals surface area contributed by atoms with Crippen LogP contribution in [0.5, 0.6) is 11.5 Å². The van der Waals surface area contributed by atoms with Gasteiger partial charge in [-0.15, -0.1) is 0 Å². The molecule has 0 fully saturated rings.